The van der Waals surface area contributed by atoms with E-state index in [-0.39, 0.29) is 0 Å². The molecule has 5 N–H and O–H groups in total. The number of morpholine rings is 1. The number of nitrogens with one attached hydrogen (secondary N) is 1. The van der Waals surface area contributed by atoms with E-state index in [2.05, 4.69) is 10.2 Å². The smallest absolute Gasteiger partial charge is 0.250 e. The molecule has 0 radical (unpaired) electrons. The van der Waals surface area contributed by atoms with Crippen molar-refractivity contribution in [2.24, 2.45) is 5.73 Å². The maximum absolute atomic E-state index is 11.2. The molecule has 0 aromatic heterocycles. The molecule has 1 aliphatic heterocycles. The van der Waals surface area contributed by atoms with E-state index < -0.39 is 5.91 Å². The van der Waals surface area contributed by atoms with Crippen LogP contribution >= 0.6 is 0 Å². The van der Waals surface area contributed by atoms with Crippen LogP contribution in [0.1, 0.15) is 10.4 Å². The van der Waals surface area contributed by atoms with Gasteiger partial charge in [0, 0.05) is 26.2 Å². The summed E-state index contributed by atoms with van der Waals surface area (Å²) in [5, 5.41) is 3.24. The SMILES string of the molecule is NC(=O)c1cccc(NCCN2CCOCC2)c1N. The Morgan fingerprint density at radius 1 is 1.37 bits per heavy atom. The number of hydrogen-bond acceptors (Lipinski definition) is 5. The molecule has 0 saturated carbocycles. The van der Waals surface area contributed by atoms with Gasteiger partial charge in [-0.25, -0.2) is 0 Å². The van der Waals surface area contributed by atoms with Crippen LogP contribution in [0.3, 0.4) is 0 Å². The van der Waals surface area contributed by atoms with Gasteiger partial charge in [-0.1, -0.05) is 6.07 Å². The first-order valence-corrected chi connectivity index (χ1v) is 6.41. The zero-order valence-corrected chi connectivity index (χ0v) is 10.9. The lowest BCUT2D eigenvalue weighted by molar-refractivity contribution is 0.0398. The van der Waals surface area contributed by atoms with E-state index in [1.54, 1.807) is 12.1 Å². The topological polar surface area (TPSA) is 93.6 Å². The molecule has 0 atom stereocenters. The average Bonchev–Trinajstić information content (AvgIpc) is 2.41. The molecule has 19 heavy (non-hydrogen) atoms. The van der Waals surface area contributed by atoms with Crippen LogP contribution in [-0.2, 0) is 4.74 Å². The molecule has 0 unspecified atom stereocenters. The summed E-state index contributed by atoms with van der Waals surface area (Å²) in [5.41, 5.74) is 12.7. The molecule has 0 spiro atoms. The Kier molecular flexibility index (Phi) is 4.59. The summed E-state index contributed by atoms with van der Waals surface area (Å²) in [5.74, 6) is -0.505. The summed E-state index contributed by atoms with van der Waals surface area (Å²) in [6.07, 6.45) is 0. The van der Waals surface area contributed by atoms with Gasteiger partial charge in [0.05, 0.1) is 30.2 Å². The van der Waals surface area contributed by atoms with Crippen molar-refractivity contribution < 1.29 is 9.53 Å². The summed E-state index contributed by atoms with van der Waals surface area (Å²) in [4.78, 5) is 13.5. The number of hydrogen-bond donors (Lipinski definition) is 3. The Labute approximate surface area is 112 Å². The van der Waals surface area contributed by atoms with Crippen LogP contribution in [0.5, 0.6) is 0 Å². The number of carbonyl (C=O) groups is 1. The van der Waals surface area contributed by atoms with E-state index in [1.165, 1.54) is 0 Å². The summed E-state index contributed by atoms with van der Waals surface area (Å²) < 4.78 is 5.29. The first kappa shape index (κ1) is 13.6. The maximum atomic E-state index is 11.2. The van der Waals surface area contributed by atoms with Gasteiger partial charge in [0.15, 0.2) is 0 Å². The standard InChI is InChI=1S/C13H20N4O2/c14-12-10(13(15)18)2-1-3-11(12)16-4-5-17-6-8-19-9-7-17/h1-3,16H,4-9,14H2,(H2,15,18). The predicted molar refractivity (Wildman–Crippen MR) is 75.1 cm³/mol. The Hall–Kier alpha value is -1.79. The summed E-state index contributed by atoms with van der Waals surface area (Å²) in [6.45, 7) is 5.19. The van der Waals surface area contributed by atoms with Crippen molar-refractivity contribution in [3.05, 3.63) is 23.8 Å². The fraction of sp³-hybridized carbons (Fsp3) is 0.462. The lowest BCUT2D eigenvalue weighted by Gasteiger charge is -2.26. The minimum atomic E-state index is -0.505. The molecule has 0 aliphatic carbocycles. The highest BCUT2D eigenvalue weighted by molar-refractivity contribution is 6.00. The number of amides is 1. The largest absolute Gasteiger partial charge is 0.396 e. The number of para-hydroxylation sites is 1. The van der Waals surface area contributed by atoms with Crippen molar-refractivity contribution in [1.82, 2.24) is 4.90 Å². The fourth-order valence-corrected chi connectivity index (χ4v) is 2.11. The Morgan fingerprint density at radius 2 is 2.11 bits per heavy atom. The van der Waals surface area contributed by atoms with Crippen LogP contribution in [-0.4, -0.2) is 50.2 Å². The second-order valence-corrected chi connectivity index (χ2v) is 4.51. The Bertz CT molecular complexity index is 444. The molecule has 104 valence electrons. The normalized spacial score (nSPS) is 16.2. The number of rotatable bonds is 5. The molecule has 1 fully saturated rings. The average molecular weight is 264 g/mol. The van der Waals surface area contributed by atoms with Gasteiger partial charge in [-0.15, -0.1) is 0 Å². The van der Waals surface area contributed by atoms with Crippen molar-refractivity contribution in [2.45, 2.75) is 0 Å². The van der Waals surface area contributed by atoms with Crippen LogP contribution in [0.2, 0.25) is 0 Å². The van der Waals surface area contributed by atoms with Crippen molar-refractivity contribution in [1.29, 1.82) is 0 Å². The molecular formula is C13H20N4O2. The highest BCUT2D eigenvalue weighted by atomic mass is 16.5. The first-order chi connectivity index (χ1) is 9.18. The van der Waals surface area contributed by atoms with E-state index in [0.29, 0.717) is 11.3 Å². The second kappa shape index (κ2) is 6.40. The Morgan fingerprint density at radius 3 is 2.79 bits per heavy atom. The number of anilines is 2. The minimum Gasteiger partial charge on any atom is -0.396 e. The molecule has 2 rings (SSSR count). The highest BCUT2D eigenvalue weighted by Crippen LogP contribution is 2.22. The number of nitrogens with zero attached hydrogens (tertiary/aromatic N) is 1. The number of primary amides is 1. The van der Waals surface area contributed by atoms with Crippen molar-refractivity contribution in [2.75, 3.05) is 50.4 Å². The Balaban J connectivity index is 1.88. The quantitative estimate of drug-likeness (QED) is 0.656. The van der Waals surface area contributed by atoms with Crippen LogP contribution in [0.4, 0.5) is 11.4 Å². The van der Waals surface area contributed by atoms with Crippen molar-refractivity contribution in [3.63, 3.8) is 0 Å². The van der Waals surface area contributed by atoms with E-state index >= 15 is 0 Å². The highest BCUT2D eigenvalue weighted by Gasteiger charge is 2.11. The molecule has 6 heteroatoms. The third kappa shape index (κ3) is 3.59. The molecular weight excluding hydrogens is 244 g/mol. The zero-order chi connectivity index (χ0) is 13.7. The van der Waals surface area contributed by atoms with Crippen LogP contribution in [0.25, 0.3) is 0 Å². The van der Waals surface area contributed by atoms with Gasteiger partial charge in [0.2, 0.25) is 0 Å². The van der Waals surface area contributed by atoms with Gasteiger partial charge in [-0.3, -0.25) is 9.69 Å². The van der Waals surface area contributed by atoms with E-state index in [4.69, 9.17) is 16.2 Å². The third-order valence-electron chi connectivity index (χ3n) is 3.22. The van der Waals surface area contributed by atoms with Crippen LogP contribution < -0.4 is 16.8 Å². The number of ether oxygens (including phenoxy) is 1. The maximum Gasteiger partial charge on any atom is 0.250 e. The third-order valence-corrected chi connectivity index (χ3v) is 3.22. The molecule has 1 aromatic rings. The fourth-order valence-electron chi connectivity index (χ4n) is 2.11. The molecule has 6 nitrogen and oxygen atoms in total. The summed E-state index contributed by atoms with van der Waals surface area (Å²) in [6, 6.07) is 5.25. The first-order valence-electron chi connectivity index (χ1n) is 6.41. The summed E-state index contributed by atoms with van der Waals surface area (Å²) in [7, 11) is 0. The second-order valence-electron chi connectivity index (χ2n) is 4.51. The molecule has 1 aromatic carbocycles. The number of carbonyl (C=O) groups excluding carboxylic acids is 1. The monoisotopic (exact) mass is 264 g/mol. The van der Waals surface area contributed by atoms with Gasteiger partial charge >= 0.3 is 0 Å². The van der Waals surface area contributed by atoms with Gasteiger partial charge in [0.25, 0.3) is 5.91 Å². The molecule has 1 amide bonds. The lowest BCUT2D eigenvalue weighted by atomic mass is 10.1. The number of nitrogen functional groups attached to an aromatic ring is 1. The van der Waals surface area contributed by atoms with Crippen LogP contribution in [0, 0.1) is 0 Å². The van der Waals surface area contributed by atoms with E-state index in [1.807, 2.05) is 6.07 Å². The van der Waals surface area contributed by atoms with Gasteiger partial charge in [-0.05, 0) is 12.1 Å². The summed E-state index contributed by atoms with van der Waals surface area (Å²) >= 11 is 0. The van der Waals surface area contributed by atoms with E-state index in [9.17, 15) is 4.79 Å². The zero-order valence-electron chi connectivity index (χ0n) is 10.9. The van der Waals surface area contributed by atoms with Gasteiger partial charge in [0.1, 0.15) is 0 Å². The lowest BCUT2D eigenvalue weighted by Crippen LogP contribution is -2.39. The van der Waals surface area contributed by atoms with E-state index in [0.717, 1.165) is 45.1 Å². The molecule has 1 heterocycles. The van der Waals surface area contributed by atoms with Crippen molar-refractivity contribution in [3.8, 4) is 0 Å². The number of nitrogens with two attached hydrogens (primary N) is 2. The molecule has 1 saturated heterocycles. The predicted octanol–water partition coefficient (Wildman–Crippen LogP) is 0.112. The van der Waals surface area contributed by atoms with Gasteiger partial charge < -0.3 is 21.5 Å². The molecule has 0 bridgehead atoms. The number of benzene rings is 1. The minimum absolute atomic E-state index is 0.358. The van der Waals surface area contributed by atoms with Crippen molar-refractivity contribution >= 4 is 17.3 Å². The van der Waals surface area contributed by atoms with Crippen LogP contribution in [0.15, 0.2) is 18.2 Å². The van der Waals surface area contributed by atoms with Gasteiger partial charge in [-0.2, -0.15) is 0 Å². The molecule has 1 aliphatic rings.